The second-order valence-electron chi connectivity index (χ2n) is 6.11. The summed E-state index contributed by atoms with van der Waals surface area (Å²) in [6.07, 6.45) is 1.80. The van der Waals surface area contributed by atoms with Crippen LogP contribution in [-0.2, 0) is 4.79 Å². The minimum Gasteiger partial charge on any atom is -0.497 e. The molecule has 0 aromatic heterocycles. The van der Waals surface area contributed by atoms with Crippen LogP contribution in [0.5, 0.6) is 17.2 Å². The van der Waals surface area contributed by atoms with E-state index in [1.54, 1.807) is 37.3 Å². The van der Waals surface area contributed by atoms with Crippen molar-refractivity contribution in [1.82, 2.24) is 4.90 Å². The minimum absolute atomic E-state index is 0.178. The van der Waals surface area contributed by atoms with Crippen molar-refractivity contribution < 1.29 is 19.0 Å². The average molecular weight is 382 g/mol. The number of nitrogens with zero attached hydrogens (tertiary/aromatic N) is 2. The number of likely N-dealkylation sites (N-methyl/N-ethyl adjacent to an activating group) is 1. The molecule has 27 heavy (non-hydrogen) atoms. The number of thiocarbonyl (C=S) groups is 1. The third-order valence-electron chi connectivity index (χ3n) is 4.46. The topological polar surface area (TPSA) is 51.2 Å². The Balaban J connectivity index is 1.66. The molecular formula is C20H18N2O4S. The Morgan fingerprint density at radius 1 is 1.07 bits per heavy atom. The quantitative estimate of drug-likeness (QED) is 0.601. The van der Waals surface area contributed by atoms with Crippen molar-refractivity contribution in [3.8, 4) is 17.2 Å². The van der Waals surface area contributed by atoms with Gasteiger partial charge in [0.2, 0.25) is 0 Å². The first kappa shape index (κ1) is 17.4. The summed E-state index contributed by atoms with van der Waals surface area (Å²) in [5.74, 6) is 1.93. The zero-order valence-corrected chi connectivity index (χ0v) is 15.8. The molecule has 1 fully saturated rings. The Kier molecular flexibility index (Phi) is 4.45. The van der Waals surface area contributed by atoms with Gasteiger partial charge in [-0.05, 0) is 60.3 Å². The van der Waals surface area contributed by atoms with Crippen LogP contribution in [0.1, 0.15) is 5.56 Å². The highest BCUT2D eigenvalue weighted by molar-refractivity contribution is 7.80. The van der Waals surface area contributed by atoms with E-state index in [4.69, 9.17) is 26.4 Å². The predicted molar refractivity (Wildman–Crippen MR) is 106 cm³/mol. The number of anilines is 1. The first-order valence-corrected chi connectivity index (χ1v) is 8.87. The van der Waals surface area contributed by atoms with Gasteiger partial charge in [-0.2, -0.15) is 0 Å². The lowest BCUT2D eigenvalue weighted by molar-refractivity contribution is -0.114. The van der Waals surface area contributed by atoms with Crippen LogP contribution in [-0.4, -0.2) is 43.3 Å². The molecule has 2 aromatic carbocycles. The molecule has 0 spiro atoms. The van der Waals surface area contributed by atoms with E-state index in [1.807, 2.05) is 30.3 Å². The average Bonchev–Trinajstić information content (AvgIpc) is 2.91. The standard InChI is InChI=1S/C20H18N2O4S/c1-21-16(11-13-3-8-17-18(12-13)26-10-9-25-17)19(23)22(20(21)27)14-4-6-15(24-2)7-5-14/h3-8,11-12H,9-10H2,1-2H3/b16-11-. The zero-order chi connectivity index (χ0) is 19.0. The third kappa shape index (κ3) is 3.10. The predicted octanol–water partition coefficient (Wildman–Crippen LogP) is 3.07. The van der Waals surface area contributed by atoms with Gasteiger partial charge in [0, 0.05) is 7.05 Å². The van der Waals surface area contributed by atoms with Gasteiger partial charge in [0.25, 0.3) is 5.91 Å². The molecule has 0 atom stereocenters. The number of carbonyl (C=O) groups excluding carboxylic acids is 1. The Morgan fingerprint density at radius 3 is 2.48 bits per heavy atom. The Labute approximate surface area is 162 Å². The Morgan fingerprint density at radius 2 is 1.78 bits per heavy atom. The number of fused-ring (bicyclic) bond motifs is 1. The number of hydrogen-bond acceptors (Lipinski definition) is 5. The number of rotatable bonds is 3. The Hall–Kier alpha value is -3.06. The number of benzene rings is 2. The summed E-state index contributed by atoms with van der Waals surface area (Å²) in [7, 11) is 3.39. The van der Waals surface area contributed by atoms with Gasteiger partial charge >= 0.3 is 0 Å². The van der Waals surface area contributed by atoms with Crippen LogP contribution in [0.3, 0.4) is 0 Å². The van der Waals surface area contributed by atoms with E-state index >= 15 is 0 Å². The molecule has 1 amide bonds. The maximum Gasteiger partial charge on any atom is 0.281 e. The van der Waals surface area contributed by atoms with Crippen LogP contribution < -0.4 is 19.1 Å². The first-order chi connectivity index (χ1) is 13.1. The summed E-state index contributed by atoms with van der Waals surface area (Å²) >= 11 is 5.49. The van der Waals surface area contributed by atoms with Crippen LogP contribution in [0, 0.1) is 0 Å². The van der Waals surface area contributed by atoms with Crippen molar-refractivity contribution in [2.24, 2.45) is 0 Å². The van der Waals surface area contributed by atoms with Crippen molar-refractivity contribution in [2.45, 2.75) is 0 Å². The van der Waals surface area contributed by atoms with Gasteiger partial charge in [-0.25, -0.2) is 0 Å². The molecule has 0 radical (unpaired) electrons. The zero-order valence-electron chi connectivity index (χ0n) is 15.0. The van der Waals surface area contributed by atoms with Crippen LogP contribution in [0.15, 0.2) is 48.2 Å². The number of amides is 1. The largest absolute Gasteiger partial charge is 0.497 e. The monoisotopic (exact) mass is 382 g/mol. The second-order valence-corrected chi connectivity index (χ2v) is 6.48. The first-order valence-electron chi connectivity index (χ1n) is 8.46. The fourth-order valence-corrected chi connectivity index (χ4v) is 3.31. The van der Waals surface area contributed by atoms with Gasteiger partial charge in [0.1, 0.15) is 24.7 Å². The van der Waals surface area contributed by atoms with Crippen LogP contribution in [0.25, 0.3) is 6.08 Å². The molecule has 0 saturated carbocycles. The molecule has 2 aromatic rings. The molecule has 2 aliphatic heterocycles. The van der Waals surface area contributed by atoms with Gasteiger partial charge < -0.3 is 19.1 Å². The van der Waals surface area contributed by atoms with E-state index in [-0.39, 0.29) is 5.91 Å². The van der Waals surface area contributed by atoms with E-state index in [0.29, 0.717) is 41.2 Å². The SMILES string of the molecule is COc1ccc(N2C(=O)/C(=C/c3ccc4c(c3)OCCO4)N(C)C2=S)cc1. The van der Waals surface area contributed by atoms with E-state index < -0.39 is 0 Å². The molecular weight excluding hydrogens is 364 g/mol. The number of methoxy groups -OCH3 is 1. The van der Waals surface area contributed by atoms with E-state index in [1.165, 1.54) is 4.90 Å². The van der Waals surface area contributed by atoms with Crippen molar-refractivity contribution in [1.29, 1.82) is 0 Å². The van der Waals surface area contributed by atoms with Gasteiger partial charge in [0.05, 0.1) is 12.8 Å². The summed E-state index contributed by atoms with van der Waals surface area (Å²) < 4.78 is 16.3. The molecule has 2 heterocycles. The molecule has 0 N–H and O–H groups in total. The lowest BCUT2D eigenvalue weighted by atomic mass is 10.1. The highest BCUT2D eigenvalue weighted by Crippen LogP contribution is 2.33. The molecule has 0 unspecified atom stereocenters. The van der Waals surface area contributed by atoms with E-state index in [9.17, 15) is 4.79 Å². The van der Waals surface area contributed by atoms with Crippen molar-refractivity contribution in [3.63, 3.8) is 0 Å². The highest BCUT2D eigenvalue weighted by Gasteiger charge is 2.36. The van der Waals surface area contributed by atoms with Crippen LogP contribution in [0.2, 0.25) is 0 Å². The fourth-order valence-electron chi connectivity index (χ4n) is 3.02. The maximum atomic E-state index is 13.0. The smallest absolute Gasteiger partial charge is 0.281 e. The maximum absolute atomic E-state index is 13.0. The summed E-state index contributed by atoms with van der Waals surface area (Å²) in [5, 5.41) is 0.425. The molecule has 138 valence electrons. The van der Waals surface area contributed by atoms with Crippen LogP contribution in [0.4, 0.5) is 5.69 Å². The highest BCUT2D eigenvalue weighted by atomic mass is 32.1. The number of carbonyl (C=O) groups is 1. The van der Waals surface area contributed by atoms with Crippen molar-refractivity contribution in [3.05, 3.63) is 53.7 Å². The summed E-state index contributed by atoms with van der Waals surface area (Å²) in [6, 6.07) is 12.8. The van der Waals surface area contributed by atoms with Crippen molar-refractivity contribution in [2.75, 3.05) is 32.3 Å². The minimum atomic E-state index is -0.178. The third-order valence-corrected chi connectivity index (χ3v) is 4.92. The molecule has 0 bridgehead atoms. The molecule has 6 nitrogen and oxygen atoms in total. The summed E-state index contributed by atoms with van der Waals surface area (Å²) in [6.45, 7) is 1.06. The lowest BCUT2D eigenvalue weighted by Gasteiger charge is -2.18. The van der Waals surface area contributed by atoms with Crippen molar-refractivity contribution >= 4 is 35.0 Å². The molecule has 0 aliphatic carbocycles. The number of hydrogen-bond donors (Lipinski definition) is 0. The fraction of sp³-hybridized carbons (Fsp3) is 0.200. The van der Waals surface area contributed by atoms with E-state index in [2.05, 4.69) is 0 Å². The van der Waals surface area contributed by atoms with Gasteiger partial charge in [-0.1, -0.05) is 6.07 Å². The normalized spacial score (nSPS) is 17.6. The summed E-state index contributed by atoms with van der Waals surface area (Å²) in [5.41, 5.74) is 2.03. The molecule has 2 aliphatic rings. The van der Waals surface area contributed by atoms with Gasteiger partial charge in [0.15, 0.2) is 16.6 Å². The second kappa shape index (κ2) is 6.92. The molecule has 4 rings (SSSR count). The number of ether oxygens (including phenoxy) is 3. The summed E-state index contributed by atoms with van der Waals surface area (Å²) in [4.78, 5) is 16.2. The molecule has 1 saturated heterocycles. The van der Waals surface area contributed by atoms with Crippen LogP contribution >= 0.6 is 12.2 Å². The van der Waals surface area contributed by atoms with Gasteiger partial charge in [-0.3, -0.25) is 9.69 Å². The Bertz CT molecular complexity index is 939. The lowest BCUT2D eigenvalue weighted by Crippen LogP contribution is -2.31. The molecule has 7 heteroatoms. The van der Waals surface area contributed by atoms with E-state index in [0.717, 1.165) is 11.3 Å². The van der Waals surface area contributed by atoms with Gasteiger partial charge in [-0.15, -0.1) is 0 Å².